The van der Waals surface area contributed by atoms with Gasteiger partial charge in [-0.25, -0.2) is 8.42 Å². The Balaban J connectivity index is 2.41. The van der Waals surface area contributed by atoms with Gasteiger partial charge in [0.1, 0.15) is 9.84 Å². The second kappa shape index (κ2) is 5.87. The largest absolute Gasteiger partial charge is 0.312 e. The molecule has 16 heavy (non-hydrogen) atoms. The Morgan fingerprint density at radius 3 is 2.50 bits per heavy atom. The number of hydrogen-bond donors (Lipinski definition) is 1. The molecule has 0 saturated carbocycles. The number of nitrogens with one attached hydrogen (secondary N) is 1. The van der Waals surface area contributed by atoms with Crippen LogP contribution in [0.3, 0.4) is 0 Å². The molecule has 0 heterocycles. The summed E-state index contributed by atoms with van der Waals surface area (Å²) in [5.41, 5.74) is 0.975. The van der Waals surface area contributed by atoms with Gasteiger partial charge in [-0.2, -0.15) is 0 Å². The van der Waals surface area contributed by atoms with Crippen molar-refractivity contribution in [2.75, 3.05) is 18.6 Å². The van der Waals surface area contributed by atoms with Crippen molar-refractivity contribution in [3.63, 3.8) is 0 Å². The minimum Gasteiger partial charge on any atom is -0.312 e. The zero-order chi connectivity index (χ0) is 12.2. The van der Waals surface area contributed by atoms with Gasteiger partial charge in [0.2, 0.25) is 0 Å². The van der Waals surface area contributed by atoms with E-state index in [-0.39, 0.29) is 5.75 Å². The van der Waals surface area contributed by atoms with E-state index in [0.29, 0.717) is 23.1 Å². The summed E-state index contributed by atoms with van der Waals surface area (Å²) < 4.78 is 21.7. The molecule has 1 aromatic carbocycles. The van der Waals surface area contributed by atoms with E-state index >= 15 is 0 Å². The summed E-state index contributed by atoms with van der Waals surface area (Å²) in [5.74, 6) is 0.133. The summed E-state index contributed by atoms with van der Waals surface area (Å²) in [6.07, 6.45) is 1.22. The summed E-state index contributed by atoms with van der Waals surface area (Å²) in [4.78, 5) is 0. The second-order valence-corrected chi connectivity index (χ2v) is 6.63. The SMILES string of the molecule is CS(=O)(=O)CCNCc1ccc(Cl)c(Cl)c1. The highest BCUT2D eigenvalue weighted by atomic mass is 35.5. The van der Waals surface area contributed by atoms with Crippen LogP contribution in [0.2, 0.25) is 10.0 Å². The van der Waals surface area contributed by atoms with Crippen molar-refractivity contribution in [3.8, 4) is 0 Å². The van der Waals surface area contributed by atoms with Crippen LogP contribution in [-0.2, 0) is 16.4 Å². The molecule has 0 aliphatic carbocycles. The molecule has 0 aromatic heterocycles. The first-order valence-electron chi connectivity index (χ1n) is 4.71. The molecule has 0 bridgehead atoms. The molecule has 1 aromatic rings. The molecule has 0 saturated heterocycles. The first-order valence-corrected chi connectivity index (χ1v) is 7.52. The highest BCUT2D eigenvalue weighted by Crippen LogP contribution is 2.22. The number of hydrogen-bond acceptors (Lipinski definition) is 3. The normalized spacial score (nSPS) is 11.7. The Morgan fingerprint density at radius 2 is 1.94 bits per heavy atom. The van der Waals surface area contributed by atoms with Crippen molar-refractivity contribution >= 4 is 33.0 Å². The maximum absolute atomic E-state index is 10.9. The van der Waals surface area contributed by atoms with Gasteiger partial charge in [-0.1, -0.05) is 29.3 Å². The quantitative estimate of drug-likeness (QED) is 0.841. The second-order valence-electron chi connectivity index (χ2n) is 3.56. The van der Waals surface area contributed by atoms with Gasteiger partial charge in [0.25, 0.3) is 0 Å². The molecule has 0 spiro atoms. The van der Waals surface area contributed by atoms with Crippen LogP contribution in [0.1, 0.15) is 5.56 Å². The van der Waals surface area contributed by atoms with E-state index < -0.39 is 9.84 Å². The van der Waals surface area contributed by atoms with Crippen molar-refractivity contribution in [2.24, 2.45) is 0 Å². The topological polar surface area (TPSA) is 46.2 Å². The third-order valence-electron chi connectivity index (χ3n) is 1.96. The number of benzene rings is 1. The van der Waals surface area contributed by atoms with E-state index in [1.165, 1.54) is 6.26 Å². The maximum atomic E-state index is 10.9. The van der Waals surface area contributed by atoms with Gasteiger partial charge in [0.15, 0.2) is 0 Å². The lowest BCUT2D eigenvalue weighted by Gasteiger charge is -2.05. The standard InChI is InChI=1S/C10H13Cl2NO2S/c1-16(14,15)5-4-13-7-8-2-3-9(11)10(12)6-8/h2-3,6,13H,4-5,7H2,1H3. The molecule has 1 rings (SSSR count). The van der Waals surface area contributed by atoms with Gasteiger partial charge >= 0.3 is 0 Å². The first-order chi connectivity index (χ1) is 7.38. The van der Waals surface area contributed by atoms with Crippen LogP contribution < -0.4 is 5.32 Å². The fraction of sp³-hybridized carbons (Fsp3) is 0.400. The van der Waals surface area contributed by atoms with E-state index in [4.69, 9.17) is 23.2 Å². The lowest BCUT2D eigenvalue weighted by molar-refractivity contribution is 0.596. The molecule has 1 N–H and O–H groups in total. The minimum atomic E-state index is -2.90. The molecule has 0 aliphatic heterocycles. The maximum Gasteiger partial charge on any atom is 0.148 e. The van der Waals surface area contributed by atoms with E-state index in [1.807, 2.05) is 6.07 Å². The third-order valence-corrected chi connectivity index (χ3v) is 3.65. The number of rotatable bonds is 5. The molecular weight excluding hydrogens is 269 g/mol. The molecule has 0 atom stereocenters. The van der Waals surface area contributed by atoms with Crippen molar-refractivity contribution in [2.45, 2.75) is 6.54 Å². The van der Waals surface area contributed by atoms with Crippen LogP contribution in [0.5, 0.6) is 0 Å². The van der Waals surface area contributed by atoms with E-state index in [1.54, 1.807) is 12.1 Å². The Hall–Kier alpha value is -0.290. The minimum absolute atomic E-state index is 0.133. The molecule has 0 aliphatic rings. The Morgan fingerprint density at radius 1 is 1.25 bits per heavy atom. The van der Waals surface area contributed by atoms with E-state index in [2.05, 4.69) is 5.32 Å². The Kier molecular flexibility index (Phi) is 5.05. The van der Waals surface area contributed by atoms with Gasteiger partial charge in [-0.3, -0.25) is 0 Å². The number of halogens is 2. The highest BCUT2D eigenvalue weighted by Gasteiger charge is 2.02. The van der Waals surface area contributed by atoms with Crippen molar-refractivity contribution in [1.29, 1.82) is 0 Å². The highest BCUT2D eigenvalue weighted by molar-refractivity contribution is 7.90. The van der Waals surface area contributed by atoms with Crippen molar-refractivity contribution < 1.29 is 8.42 Å². The predicted molar refractivity (Wildman–Crippen MR) is 67.9 cm³/mol. The molecule has 0 radical (unpaired) electrons. The third kappa shape index (κ3) is 5.16. The number of sulfone groups is 1. The van der Waals surface area contributed by atoms with Crippen LogP contribution >= 0.6 is 23.2 Å². The van der Waals surface area contributed by atoms with E-state index in [0.717, 1.165) is 5.56 Å². The summed E-state index contributed by atoms with van der Waals surface area (Å²) in [6.45, 7) is 1.01. The average Bonchev–Trinajstić information content (AvgIpc) is 2.17. The molecule has 3 nitrogen and oxygen atoms in total. The monoisotopic (exact) mass is 281 g/mol. The van der Waals surface area contributed by atoms with Gasteiger partial charge in [-0.05, 0) is 17.7 Å². The molecular formula is C10H13Cl2NO2S. The molecule has 6 heteroatoms. The zero-order valence-corrected chi connectivity index (χ0v) is 11.2. The summed E-state index contributed by atoms with van der Waals surface area (Å²) in [6, 6.07) is 5.33. The van der Waals surface area contributed by atoms with Crippen molar-refractivity contribution in [3.05, 3.63) is 33.8 Å². The van der Waals surface area contributed by atoms with Crippen LogP contribution in [0.4, 0.5) is 0 Å². The predicted octanol–water partition coefficient (Wildman–Crippen LogP) is 2.13. The smallest absolute Gasteiger partial charge is 0.148 e. The molecule has 0 amide bonds. The summed E-state index contributed by atoms with van der Waals surface area (Å²) in [7, 11) is -2.90. The van der Waals surface area contributed by atoms with Gasteiger partial charge in [-0.15, -0.1) is 0 Å². The summed E-state index contributed by atoms with van der Waals surface area (Å²) in [5, 5.41) is 4.04. The van der Waals surface area contributed by atoms with E-state index in [9.17, 15) is 8.42 Å². The molecule has 90 valence electrons. The van der Waals surface area contributed by atoms with Crippen LogP contribution in [0.25, 0.3) is 0 Å². The van der Waals surface area contributed by atoms with Crippen LogP contribution in [-0.4, -0.2) is 27.0 Å². The first kappa shape index (κ1) is 13.8. The molecule has 0 fully saturated rings. The van der Waals surface area contributed by atoms with Gasteiger partial charge in [0.05, 0.1) is 15.8 Å². The lowest BCUT2D eigenvalue weighted by Crippen LogP contribution is -2.21. The van der Waals surface area contributed by atoms with Gasteiger partial charge < -0.3 is 5.32 Å². The van der Waals surface area contributed by atoms with Crippen LogP contribution in [0, 0.1) is 0 Å². The zero-order valence-electron chi connectivity index (χ0n) is 8.83. The van der Waals surface area contributed by atoms with Gasteiger partial charge in [0, 0.05) is 19.3 Å². The Labute approximate surface area is 106 Å². The van der Waals surface area contributed by atoms with Crippen molar-refractivity contribution in [1.82, 2.24) is 5.32 Å². The summed E-state index contributed by atoms with van der Waals surface area (Å²) >= 11 is 11.6. The molecule has 0 unspecified atom stereocenters. The fourth-order valence-electron chi connectivity index (χ4n) is 1.14. The lowest BCUT2D eigenvalue weighted by atomic mass is 10.2. The Bertz CT molecular complexity index is 460. The average molecular weight is 282 g/mol. The van der Waals surface area contributed by atoms with Crippen LogP contribution in [0.15, 0.2) is 18.2 Å². The fourth-order valence-corrected chi connectivity index (χ4v) is 1.98.